The lowest BCUT2D eigenvalue weighted by Gasteiger charge is -2.52. The number of rotatable bonds is 10. The van der Waals surface area contributed by atoms with E-state index in [9.17, 15) is 4.57 Å². The van der Waals surface area contributed by atoms with Gasteiger partial charge in [-0.15, -0.1) is 6.58 Å². The van der Waals surface area contributed by atoms with E-state index >= 15 is 0 Å². The van der Waals surface area contributed by atoms with Crippen molar-refractivity contribution in [2.45, 2.75) is 38.8 Å². The Balaban J connectivity index is 1.79. The van der Waals surface area contributed by atoms with E-state index in [2.05, 4.69) is 27.6 Å². The van der Waals surface area contributed by atoms with E-state index in [1.807, 2.05) is 44.3 Å². The number of hydrogen-bond donors (Lipinski definition) is 1. The van der Waals surface area contributed by atoms with Crippen molar-refractivity contribution >= 4 is 18.6 Å². The number of hydrogen-bond acceptors (Lipinski definition) is 6. The van der Waals surface area contributed by atoms with Crippen LogP contribution in [0.1, 0.15) is 38.3 Å². The number of fused-ring (bicyclic) bond motifs is 4. The van der Waals surface area contributed by atoms with Crippen LogP contribution in [0.3, 0.4) is 0 Å². The first-order valence-corrected chi connectivity index (χ1v) is 13.0. The molecule has 1 unspecified atom stereocenters. The Labute approximate surface area is 190 Å². The van der Waals surface area contributed by atoms with Crippen molar-refractivity contribution in [2.24, 2.45) is 11.8 Å². The molecule has 2 aromatic rings. The number of piperidine rings is 3. The van der Waals surface area contributed by atoms with E-state index in [0.29, 0.717) is 25.0 Å². The molecule has 3 aliphatic heterocycles. The Hall–Kier alpha value is -1.76. The average molecular weight is 460 g/mol. The summed E-state index contributed by atoms with van der Waals surface area (Å²) in [7, 11) is -1.84. The maximum absolute atomic E-state index is 13.6. The average Bonchev–Trinajstić information content (AvgIpc) is 2.82. The summed E-state index contributed by atoms with van der Waals surface area (Å²) in [6.45, 7) is 10.3. The van der Waals surface area contributed by atoms with Crippen LogP contribution in [0, 0.1) is 11.8 Å². The molecule has 5 atom stereocenters. The Morgan fingerprint density at radius 2 is 2.09 bits per heavy atom. The minimum Gasteiger partial charge on any atom is -0.497 e. The Bertz CT molecular complexity index is 990. The summed E-state index contributed by atoms with van der Waals surface area (Å²) >= 11 is 0. The van der Waals surface area contributed by atoms with Gasteiger partial charge in [-0.05, 0) is 74.9 Å². The van der Waals surface area contributed by atoms with E-state index in [0.717, 1.165) is 41.7 Å². The minimum atomic E-state index is -3.50. The molecule has 7 nitrogen and oxygen atoms in total. The first-order valence-electron chi connectivity index (χ1n) is 11.5. The summed E-state index contributed by atoms with van der Waals surface area (Å²) in [6, 6.07) is 7.80. The van der Waals surface area contributed by atoms with Crippen molar-refractivity contribution in [1.82, 2.24) is 15.0 Å². The second kappa shape index (κ2) is 10.0. The van der Waals surface area contributed by atoms with Crippen LogP contribution in [-0.4, -0.2) is 49.3 Å². The predicted molar refractivity (Wildman–Crippen MR) is 127 cm³/mol. The van der Waals surface area contributed by atoms with Gasteiger partial charge in [0.15, 0.2) is 0 Å². The molecule has 1 N–H and O–H groups in total. The molecule has 0 aliphatic carbocycles. The largest absolute Gasteiger partial charge is 0.497 e. The van der Waals surface area contributed by atoms with Crippen LogP contribution < -0.4 is 9.82 Å². The zero-order valence-electron chi connectivity index (χ0n) is 19.2. The molecular weight excluding hydrogens is 425 g/mol. The van der Waals surface area contributed by atoms with Crippen molar-refractivity contribution in [3.05, 3.63) is 48.7 Å². The van der Waals surface area contributed by atoms with Gasteiger partial charge in [-0.1, -0.05) is 6.08 Å². The molecule has 174 valence electrons. The molecule has 2 bridgehead atoms. The highest BCUT2D eigenvalue weighted by Crippen LogP contribution is 2.50. The quantitative estimate of drug-likeness (QED) is 0.398. The molecule has 0 spiro atoms. The molecule has 4 heterocycles. The zero-order chi connectivity index (χ0) is 22.7. The number of methoxy groups -OCH3 is 1. The molecule has 3 aliphatic rings. The van der Waals surface area contributed by atoms with Gasteiger partial charge in [0.2, 0.25) is 0 Å². The number of benzene rings is 1. The van der Waals surface area contributed by atoms with Gasteiger partial charge < -0.3 is 4.74 Å². The Morgan fingerprint density at radius 1 is 1.31 bits per heavy atom. The highest BCUT2D eigenvalue weighted by molar-refractivity contribution is 7.51. The van der Waals surface area contributed by atoms with Gasteiger partial charge in [0.05, 0.1) is 31.9 Å². The van der Waals surface area contributed by atoms with E-state index in [1.54, 1.807) is 7.11 Å². The lowest BCUT2D eigenvalue weighted by atomic mass is 9.73. The van der Waals surface area contributed by atoms with Crippen molar-refractivity contribution in [2.75, 3.05) is 33.4 Å². The van der Waals surface area contributed by atoms with Crippen molar-refractivity contribution in [3.63, 3.8) is 0 Å². The molecule has 8 heteroatoms. The SMILES string of the molecule is C=C[C@H]1CN2CC[C@H]1C[C@@H]2[C@@H](NP(=O)(OCC)OCC)c1ccnc2ccc(OC)cc12. The van der Waals surface area contributed by atoms with Crippen LogP contribution >= 0.6 is 7.75 Å². The van der Waals surface area contributed by atoms with Crippen LogP contribution in [0.4, 0.5) is 0 Å². The summed E-state index contributed by atoms with van der Waals surface area (Å²) in [5.74, 6) is 1.84. The molecular formula is C24H34N3O4P. The molecule has 5 rings (SSSR count). The third-order valence-corrected chi connectivity index (χ3v) is 8.54. The topological polar surface area (TPSA) is 72.9 Å². The molecule has 1 aromatic carbocycles. The predicted octanol–water partition coefficient (Wildman–Crippen LogP) is 4.95. The number of nitrogens with one attached hydrogen (secondary N) is 1. The van der Waals surface area contributed by atoms with Crippen molar-refractivity contribution in [3.8, 4) is 5.75 Å². The summed E-state index contributed by atoms with van der Waals surface area (Å²) in [5.41, 5.74) is 1.90. The normalized spacial score (nSPS) is 26.2. The maximum Gasteiger partial charge on any atom is 0.406 e. The number of nitrogens with zero attached hydrogens (tertiary/aromatic N) is 2. The van der Waals surface area contributed by atoms with E-state index in [1.165, 1.54) is 6.42 Å². The number of ether oxygens (including phenoxy) is 1. The minimum absolute atomic E-state index is 0.163. The molecule has 32 heavy (non-hydrogen) atoms. The highest BCUT2D eigenvalue weighted by Gasteiger charge is 2.45. The lowest BCUT2D eigenvalue weighted by Crippen LogP contribution is -2.56. The third-order valence-electron chi connectivity index (χ3n) is 6.75. The molecule has 1 aromatic heterocycles. The van der Waals surface area contributed by atoms with Gasteiger partial charge >= 0.3 is 7.75 Å². The van der Waals surface area contributed by atoms with Crippen molar-refractivity contribution < 1.29 is 18.3 Å². The van der Waals surface area contributed by atoms with Gasteiger partial charge in [-0.25, -0.2) is 9.65 Å². The van der Waals surface area contributed by atoms with Crippen LogP contribution in [0.5, 0.6) is 5.75 Å². The number of aromatic nitrogens is 1. The van der Waals surface area contributed by atoms with Gasteiger partial charge in [-0.3, -0.25) is 18.9 Å². The fourth-order valence-electron chi connectivity index (χ4n) is 5.25. The molecule has 3 fully saturated rings. The van der Waals surface area contributed by atoms with E-state index < -0.39 is 7.75 Å². The fraction of sp³-hybridized carbons (Fsp3) is 0.542. The van der Waals surface area contributed by atoms with Crippen LogP contribution in [-0.2, 0) is 13.6 Å². The Kier molecular flexibility index (Phi) is 7.33. The fourth-order valence-corrected chi connectivity index (χ4v) is 6.81. The second-order valence-electron chi connectivity index (χ2n) is 8.47. The van der Waals surface area contributed by atoms with E-state index in [-0.39, 0.29) is 12.1 Å². The highest BCUT2D eigenvalue weighted by atomic mass is 31.2. The maximum atomic E-state index is 13.6. The zero-order valence-corrected chi connectivity index (χ0v) is 20.1. The van der Waals surface area contributed by atoms with Gasteiger partial charge in [-0.2, -0.15) is 0 Å². The van der Waals surface area contributed by atoms with Crippen molar-refractivity contribution in [1.29, 1.82) is 0 Å². The molecule has 0 radical (unpaired) electrons. The summed E-state index contributed by atoms with van der Waals surface area (Å²) in [5, 5.41) is 4.32. The smallest absolute Gasteiger partial charge is 0.406 e. The monoisotopic (exact) mass is 459 g/mol. The van der Waals surface area contributed by atoms with Crippen LogP contribution in [0.15, 0.2) is 43.1 Å². The Morgan fingerprint density at radius 3 is 2.72 bits per heavy atom. The van der Waals surface area contributed by atoms with Gasteiger partial charge in [0.25, 0.3) is 0 Å². The van der Waals surface area contributed by atoms with Crippen LogP contribution in [0.25, 0.3) is 10.9 Å². The van der Waals surface area contributed by atoms with Crippen LogP contribution in [0.2, 0.25) is 0 Å². The molecule has 0 amide bonds. The number of pyridine rings is 1. The second-order valence-corrected chi connectivity index (χ2v) is 10.2. The van der Waals surface area contributed by atoms with Gasteiger partial charge in [0, 0.05) is 24.2 Å². The lowest BCUT2D eigenvalue weighted by molar-refractivity contribution is 0.00315. The summed E-state index contributed by atoms with van der Waals surface area (Å²) in [6.07, 6.45) is 6.07. The molecule has 3 saturated heterocycles. The summed E-state index contributed by atoms with van der Waals surface area (Å²) < 4.78 is 30.4. The summed E-state index contributed by atoms with van der Waals surface area (Å²) in [4.78, 5) is 7.04. The van der Waals surface area contributed by atoms with Gasteiger partial charge in [0.1, 0.15) is 5.75 Å². The standard InChI is InChI=1S/C24H34N3O4P/c1-5-17-16-27-13-11-18(17)14-23(27)24(26-32(28,30-6-2)31-7-3)20-10-12-25-22-9-8-19(29-4)15-21(20)22/h5,8-10,12,15,17-18,23-24H,1,6-7,11,13-14,16H2,2-4H3,(H,26,28)/t17-,18-,23+,24-/m0/s1. The molecule has 0 saturated carbocycles. The van der Waals surface area contributed by atoms with E-state index in [4.69, 9.17) is 13.8 Å². The third kappa shape index (κ3) is 4.63. The first-order chi connectivity index (χ1) is 15.5. The first kappa shape index (κ1) is 23.4.